The largest absolute Gasteiger partial charge is 0.459 e. The van der Waals surface area contributed by atoms with E-state index in [1.54, 1.807) is 0 Å². The van der Waals surface area contributed by atoms with Gasteiger partial charge in [0, 0.05) is 18.2 Å². The zero-order valence-electron chi connectivity index (χ0n) is 10.0. The molecule has 0 aliphatic rings. The Morgan fingerprint density at radius 1 is 1.42 bits per heavy atom. The van der Waals surface area contributed by atoms with Crippen LogP contribution in [0.1, 0.15) is 5.56 Å². The Hall–Kier alpha value is -2.40. The molecule has 0 fully saturated rings. The Labute approximate surface area is 109 Å². The maximum Gasteiger partial charge on any atom is 0.384 e. The highest BCUT2D eigenvalue weighted by atomic mass is 32.2. The van der Waals surface area contributed by atoms with Gasteiger partial charge in [-0.05, 0) is 18.1 Å². The highest BCUT2D eigenvalue weighted by molar-refractivity contribution is 7.90. The lowest BCUT2D eigenvalue weighted by Gasteiger charge is -2.00. The zero-order valence-corrected chi connectivity index (χ0v) is 10.9. The second-order valence-electron chi connectivity index (χ2n) is 3.45. The minimum Gasteiger partial charge on any atom is -0.459 e. The first kappa shape index (κ1) is 14.7. The second kappa shape index (κ2) is 5.49. The number of methoxy groups -OCH3 is 1. The molecule has 0 aliphatic carbocycles. The van der Waals surface area contributed by atoms with Crippen LogP contribution >= 0.6 is 0 Å². The van der Waals surface area contributed by atoms with Gasteiger partial charge in [0.25, 0.3) is 5.69 Å². The molecule has 0 spiro atoms. The minimum atomic E-state index is -3.56. The molecule has 0 saturated carbocycles. The first-order chi connectivity index (χ1) is 8.75. The van der Waals surface area contributed by atoms with Crippen LogP contribution in [-0.4, -0.2) is 32.7 Å². The van der Waals surface area contributed by atoms with E-state index in [1.807, 2.05) is 5.92 Å². The third-order valence-corrected chi connectivity index (χ3v) is 3.19. The molecule has 8 heteroatoms. The van der Waals surface area contributed by atoms with Gasteiger partial charge >= 0.3 is 5.97 Å². The van der Waals surface area contributed by atoms with Crippen LogP contribution in [0, 0.1) is 22.0 Å². The summed E-state index contributed by atoms with van der Waals surface area (Å²) < 4.78 is 26.9. The van der Waals surface area contributed by atoms with E-state index in [2.05, 4.69) is 10.7 Å². The summed E-state index contributed by atoms with van der Waals surface area (Å²) in [5.41, 5.74) is -0.554. The summed E-state index contributed by atoms with van der Waals surface area (Å²) in [6, 6.07) is 3.25. The standard InChI is InChI=1S/C11H9NO6S/c1-18-11(13)6-4-8-3-5-9(19(2,16)17)7-10(8)12(14)15/h3,5,7H,1-2H3. The van der Waals surface area contributed by atoms with Crippen molar-refractivity contribution in [2.45, 2.75) is 4.90 Å². The van der Waals surface area contributed by atoms with Gasteiger partial charge in [-0.25, -0.2) is 13.2 Å². The summed E-state index contributed by atoms with van der Waals surface area (Å²) in [6.07, 6.45) is 0.936. The Morgan fingerprint density at radius 2 is 2.05 bits per heavy atom. The fraction of sp³-hybridized carbons (Fsp3) is 0.182. The maximum absolute atomic E-state index is 11.3. The van der Waals surface area contributed by atoms with Gasteiger partial charge in [0.15, 0.2) is 9.84 Å². The molecule has 0 saturated heterocycles. The summed E-state index contributed by atoms with van der Waals surface area (Å²) in [6.45, 7) is 0. The van der Waals surface area contributed by atoms with E-state index in [-0.39, 0.29) is 10.5 Å². The number of esters is 1. The van der Waals surface area contributed by atoms with Gasteiger partial charge < -0.3 is 4.74 Å². The van der Waals surface area contributed by atoms with Gasteiger partial charge in [-0.1, -0.05) is 0 Å². The normalized spacial score (nSPS) is 10.2. The molecule has 0 heterocycles. The monoisotopic (exact) mass is 283 g/mol. The van der Waals surface area contributed by atoms with Crippen LogP contribution < -0.4 is 0 Å². The first-order valence-electron chi connectivity index (χ1n) is 4.84. The average Bonchev–Trinajstić information content (AvgIpc) is 2.34. The minimum absolute atomic E-state index is 0.0669. The van der Waals surface area contributed by atoms with Crippen LogP contribution in [-0.2, 0) is 19.4 Å². The number of benzene rings is 1. The lowest BCUT2D eigenvalue weighted by molar-refractivity contribution is -0.385. The summed E-state index contributed by atoms with van der Waals surface area (Å²) >= 11 is 0. The molecule has 0 radical (unpaired) electrons. The molecule has 0 amide bonds. The van der Waals surface area contributed by atoms with Crippen LogP contribution in [0.25, 0.3) is 0 Å². The molecule has 1 aromatic carbocycles. The number of sulfone groups is 1. The fourth-order valence-corrected chi connectivity index (χ4v) is 1.81. The topological polar surface area (TPSA) is 104 Å². The summed E-state index contributed by atoms with van der Waals surface area (Å²) in [5.74, 6) is 3.45. The molecule has 100 valence electrons. The quantitative estimate of drug-likeness (QED) is 0.339. The van der Waals surface area contributed by atoms with Crippen molar-refractivity contribution in [3.05, 3.63) is 33.9 Å². The SMILES string of the molecule is COC(=O)C#Cc1ccc(S(C)(=O)=O)cc1[N+](=O)[O-]. The molecule has 19 heavy (non-hydrogen) atoms. The van der Waals surface area contributed by atoms with Crippen molar-refractivity contribution in [3.63, 3.8) is 0 Å². The predicted molar refractivity (Wildman–Crippen MR) is 65.1 cm³/mol. The van der Waals surface area contributed by atoms with E-state index in [0.717, 1.165) is 19.4 Å². The summed E-state index contributed by atoms with van der Waals surface area (Å²) in [4.78, 5) is 20.7. The molecule has 0 aromatic heterocycles. The Balaban J connectivity index is 3.38. The van der Waals surface area contributed by atoms with Gasteiger partial charge in [-0.3, -0.25) is 10.1 Å². The number of nitro benzene ring substituents is 1. The van der Waals surface area contributed by atoms with Crippen LogP contribution in [0.2, 0.25) is 0 Å². The van der Waals surface area contributed by atoms with Crippen molar-refractivity contribution in [2.24, 2.45) is 0 Å². The van der Waals surface area contributed by atoms with Crippen molar-refractivity contribution in [3.8, 4) is 11.8 Å². The number of hydrogen-bond acceptors (Lipinski definition) is 6. The van der Waals surface area contributed by atoms with E-state index >= 15 is 0 Å². The average molecular weight is 283 g/mol. The van der Waals surface area contributed by atoms with Gasteiger partial charge in [0.05, 0.1) is 16.9 Å². The van der Waals surface area contributed by atoms with Gasteiger partial charge in [0.1, 0.15) is 5.56 Å². The molecule has 0 unspecified atom stereocenters. The number of rotatable bonds is 2. The van der Waals surface area contributed by atoms with Crippen LogP contribution in [0.5, 0.6) is 0 Å². The van der Waals surface area contributed by atoms with Crippen LogP contribution in [0.4, 0.5) is 5.69 Å². The molecule has 0 atom stereocenters. The van der Waals surface area contributed by atoms with Crippen LogP contribution in [0.15, 0.2) is 23.1 Å². The van der Waals surface area contributed by atoms with Crippen molar-refractivity contribution in [1.82, 2.24) is 0 Å². The summed E-state index contributed by atoms with van der Waals surface area (Å²) in [7, 11) is -2.43. The van der Waals surface area contributed by atoms with E-state index < -0.39 is 26.4 Å². The molecule has 0 bridgehead atoms. The highest BCUT2D eigenvalue weighted by Gasteiger charge is 2.17. The van der Waals surface area contributed by atoms with Crippen molar-refractivity contribution in [2.75, 3.05) is 13.4 Å². The second-order valence-corrected chi connectivity index (χ2v) is 5.47. The van der Waals surface area contributed by atoms with Crippen molar-refractivity contribution >= 4 is 21.5 Å². The number of ether oxygens (including phenoxy) is 1. The smallest absolute Gasteiger partial charge is 0.384 e. The number of carbonyl (C=O) groups excluding carboxylic acids is 1. The van der Waals surface area contributed by atoms with E-state index in [9.17, 15) is 23.3 Å². The third kappa shape index (κ3) is 3.79. The molecular weight excluding hydrogens is 274 g/mol. The van der Waals surface area contributed by atoms with Crippen LogP contribution in [0.3, 0.4) is 0 Å². The zero-order chi connectivity index (χ0) is 14.6. The number of nitrogens with zero attached hydrogens (tertiary/aromatic N) is 1. The first-order valence-corrected chi connectivity index (χ1v) is 6.73. The van der Waals surface area contributed by atoms with E-state index in [0.29, 0.717) is 0 Å². The van der Waals surface area contributed by atoms with Crippen molar-refractivity contribution in [1.29, 1.82) is 0 Å². The van der Waals surface area contributed by atoms with Gasteiger partial charge in [-0.15, -0.1) is 0 Å². The molecule has 0 aliphatic heterocycles. The predicted octanol–water partition coefficient (Wildman–Crippen LogP) is 0.523. The van der Waals surface area contributed by atoms with Gasteiger partial charge in [0.2, 0.25) is 0 Å². The lowest BCUT2D eigenvalue weighted by atomic mass is 10.2. The van der Waals surface area contributed by atoms with Crippen molar-refractivity contribution < 1.29 is 22.9 Å². The Morgan fingerprint density at radius 3 is 2.53 bits per heavy atom. The third-order valence-electron chi connectivity index (χ3n) is 2.08. The maximum atomic E-state index is 11.3. The Bertz CT molecular complexity index is 696. The van der Waals surface area contributed by atoms with E-state index in [4.69, 9.17) is 0 Å². The lowest BCUT2D eigenvalue weighted by Crippen LogP contribution is -2.01. The Kier molecular flexibility index (Phi) is 4.24. The molecule has 0 N–H and O–H groups in total. The molecule has 1 rings (SSSR count). The van der Waals surface area contributed by atoms with Gasteiger partial charge in [-0.2, -0.15) is 0 Å². The highest BCUT2D eigenvalue weighted by Crippen LogP contribution is 2.22. The number of nitro groups is 1. The molecular formula is C11H9NO6S. The summed E-state index contributed by atoms with van der Waals surface area (Å²) in [5, 5.41) is 10.8. The van der Waals surface area contributed by atoms with E-state index in [1.165, 1.54) is 12.1 Å². The number of hydrogen-bond donors (Lipinski definition) is 0. The molecule has 1 aromatic rings. The fourth-order valence-electron chi connectivity index (χ4n) is 1.17. The molecule has 7 nitrogen and oxygen atoms in total. The number of carbonyl (C=O) groups is 1.